The number of nitrogens with zero attached hydrogens (tertiary/aromatic N) is 1. The number of hydrogen-bond donors (Lipinski definition) is 2. The first-order valence-electron chi connectivity index (χ1n) is 8.86. The molecule has 2 N–H and O–H groups in total. The number of anilines is 1. The summed E-state index contributed by atoms with van der Waals surface area (Å²) in [6.45, 7) is 0.484. The molecule has 2 heterocycles. The normalized spacial score (nSPS) is 16.7. The fraction of sp³-hybridized carbons (Fsp3) is 0.190. The molecule has 1 unspecified atom stereocenters. The highest BCUT2D eigenvalue weighted by Gasteiger charge is 2.34. The number of nitrogens with one attached hydrogen (secondary N) is 2. The standard InChI is InChI=1S/C21H19N3O3/c25-19-11-16(13-24(19)17-7-2-1-3-8-17)20(26)22-12-15-10-14-6-4-5-9-18(14)23-21(15)27/h1-10,16H,11-13H2,(H,22,26)(H,23,27). The topological polar surface area (TPSA) is 82.3 Å². The van der Waals surface area contributed by atoms with Gasteiger partial charge in [-0.15, -0.1) is 0 Å². The van der Waals surface area contributed by atoms with Crippen LogP contribution in [0.15, 0.2) is 65.5 Å². The minimum Gasteiger partial charge on any atom is -0.352 e. The van der Waals surface area contributed by atoms with Gasteiger partial charge in [0.25, 0.3) is 5.56 Å². The lowest BCUT2D eigenvalue weighted by Crippen LogP contribution is -2.34. The summed E-state index contributed by atoms with van der Waals surface area (Å²) in [5.41, 5.74) is 1.83. The second kappa shape index (κ2) is 7.07. The Kier molecular flexibility index (Phi) is 4.46. The van der Waals surface area contributed by atoms with Gasteiger partial charge >= 0.3 is 0 Å². The van der Waals surface area contributed by atoms with E-state index in [9.17, 15) is 14.4 Å². The molecule has 1 atom stereocenters. The zero-order valence-electron chi connectivity index (χ0n) is 14.6. The largest absolute Gasteiger partial charge is 0.352 e. The highest BCUT2D eigenvalue weighted by molar-refractivity contribution is 6.00. The van der Waals surface area contributed by atoms with Crippen molar-refractivity contribution >= 4 is 28.4 Å². The second-order valence-corrected chi connectivity index (χ2v) is 6.67. The maximum atomic E-state index is 12.5. The maximum Gasteiger partial charge on any atom is 0.253 e. The Labute approximate surface area is 155 Å². The number of hydrogen-bond acceptors (Lipinski definition) is 3. The van der Waals surface area contributed by atoms with Crippen molar-refractivity contribution in [2.45, 2.75) is 13.0 Å². The van der Waals surface area contributed by atoms with Gasteiger partial charge in [0.1, 0.15) is 0 Å². The molecule has 0 bridgehead atoms. The lowest BCUT2D eigenvalue weighted by Gasteiger charge is -2.16. The van der Waals surface area contributed by atoms with Gasteiger partial charge in [-0.25, -0.2) is 0 Å². The van der Waals surface area contributed by atoms with Crippen molar-refractivity contribution in [1.82, 2.24) is 10.3 Å². The summed E-state index contributed by atoms with van der Waals surface area (Å²) in [5, 5.41) is 3.71. The molecule has 6 nitrogen and oxygen atoms in total. The summed E-state index contributed by atoms with van der Waals surface area (Å²) >= 11 is 0. The molecule has 1 aliphatic rings. The first-order valence-corrected chi connectivity index (χ1v) is 8.86. The number of carbonyl (C=O) groups excluding carboxylic acids is 2. The van der Waals surface area contributed by atoms with E-state index in [1.54, 1.807) is 11.0 Å². The van der Waals surface area contributed by atoms with Gasteiger partial charge in [0.15, 0.2) is 0 Å². The number of rotatable bonds is 4. The van der Waals surface area contributed by atoms with Crippen LogP contribution in [0.2, 0.25) is 0 Å². The number of fused-ring (bicyclic) bond motifs is 1. The third kappa shape index (κ3) is 3.46. The van der Waals surface area contributed by atoms with E-state index in [4.69, 9.17) is 0 Å². The number of amides is 2. The predicted molar refractivity (Wildman–Crippen MR) is 103 cm³/mol. The second-order valence-electron chi connectivity index (χ2n) is 6.67. The van der Waals surface area contributed by atoms with Crippen molar-refractivity contribution in [3.8, 4) is 0 Å². The van der Waals surface area contributed by atoms with Crippen LogP contribution in [0, 0.1) is 5.92 Å². The summed E-state index contributed by atoms with van der Waals surface area (Å²) in [6, 6.07) is 18.6. The zero-order chi connectivity index (χ0) is 18.8. The number of H-pyrrole nitrogens is 1. The van der Waals surface area contributed by atoms with E-state index in [2.05, 4.69) is 10.3 Å². The summed E-state index contributed by atoms with van der Waals surface area (Å²) in [7, 11) is 0. The van der Waals surface area contributed by atoms with Crippen LogP contribution in [0.25, 0.3) is 10.9 Å². The number of para-hydroxylation sites is 2. The molecule has 1 aliphatic heterocycles. The average molecular weight is 361 g/mol. The van der Waals surface area contributed by atoms with Crippen molar-refractivity contribution < 1.29 is 9.59 Å². The molecule has 4 rings (SSSR count). The number of aromatic amines is 1. The zero-order valence-corrected chi connectivity index (χ0v) is 14.6. The van der Waals surface area contributed by atoms with E-state index in [1.165, 1.54) is 0 Å². The van der Waals surface area contributed by atoms with Crippen molar-refractivity contribution in [1.29, 1.82) is 0 Å². The van der Waals surface area contributed by atoms with Gasteiger partial charge in [0.05, 0.1) is 5.92 Å². The molecule has 27 heavy (non-hydrogen) atoms. The van der Waals surface area contributed by atoms with Crippen LogP contribution < -0.4 is 15.8 Å². The molecule has 1 fully saturated rings. The SMILES string of the molecule is O=C(NCc1cc2ccccc2[nH]c1=O)C1CC(=O)N(c2ccccc2)C1. The minimum absolute atomic E-state index is 0.0649. The van der Waals surface area contributed by atoms with Gasteiger partial charge in [-0.1, -0.05) is 36.4 Å². The van der Waals surface area contributed by atoms with E-state index >= 15 is 0 Å². The lowest BCUT2D eigenvalue weighted by molar-refractivity contribution is -0.126. The number of aromatic nitrogens is 1. The number of pyridine rings is 1. The fourth-order valence-corrected chi connectivity index (χ4v) is 3.39. The van der Waals surface area contributed by atoms with Crippen LogP contribution in [0.1, 0.15) is 12.0 Å². The maximum absolute atomic E-state index is 12.5. The molecule has 1 aromatic heterocycles. The molecule has 6 heteroatoms. The van der Waals surface area contributed by atoms with E-state index in [0.717, 1.165) is 16.6 Å². The molecular weight excluding hydrogens is 342 g/mol. The molecule has 0 spiro atoms. The summed E-state index contributed by atoms with van der Waals surface area (Å²) < 4.78 is 0. The van der Waals surface area contributed by atoms with Gasteiger partial charge < -0.3 is 15.2 Å². The Morgan fingerprint density at radius 3 is 2.63 bits per heavy atom. The molecule has 0 aliphatic carbocycles. The smallest absolute Gasteiger partial charge is 0.253 e. The molecule has 2 amide bonds. The van der Waals surface area contributed by atoms with Crippen LogP contribution in [0.3, 0.4) is 0 Å². The Morgan fingerprint density at radius 2 is 1.81 bits per heavy atom. The summed E-state index contributed by atoms with van der Waals surface area (Å²) in [4.78, 5) is 41.4. The van der Waals surface area contributed by atoms with Crippen LogP contribution in [-0.4, -0.2) is 23.3 Å². The number of benzene rings is 2. The highest BCUT2D eigenvalue weighted by Crippen LogP contribution is 2.24. The Morgan fingerprint density at radius 1 is 1.07 bits per heavy atom. The van der Waals surface area contributed by atoms with Gasteiger partial charge in [-0.05, 0) is 29.7 Å². The lowest BCUT2D eigenvalue weighted by atomic mass is 10.1. The Balaban J connectivity index is 1.44. The van der Waals surface area contributed by atoms with Crippen LogP contribution in [-0.2, 0) is 16.1 Å². The van der Waals surface area contributed by atoms with Gasteiger partial charge in [-0.2, -0.15) is 0 Å². The summed E-state index contributed by atoms with van der Waals surface area (Å²) in [5.74, 6) is -0.698. The molecule has 2 aromatic carbocycles. The highest BCUT2D eigenvalue weighted by atomic mass is 16.2. The van der Waals surface area contributed by atoms with Crippen LogP contribution in [0.4, 0.5) is 5.69 Å². The molecule has 136 valence electrons. The Hall–Kier alpha value is -3.41. The summed E-state index contributed by atoms with van der Waals surface area (Å²) in [6.07, 6.45) is 0.175. The van der Waals surface area contributed by atoms with E-state index < -0.39 is 5.92 Å². The first kappa shape index (κ1) is 17.0. The van der Waals surface area contributed by atoms with E-state index in [-0.39, 0.29) is 30.3 Å². The van der Waals surface area contributed by atoms with Gasteiger partial charge in [0.2, 0.25) is 11.8 Å². The van der Waals surface area contributed by atoms with Crippen LogP contribution >= 0.6 is 0 Å². The van der Waals surface area contributed by atoms with Crippen molar-refractivity contribution in [3.05, 3.63) is 76.6 Å². The minimum atomic E-state index is -0.419. The van der Waals surface area contributed by atoms with Gasteiger partial charge in [0, 0.05) is 36.3 Å². The first-order chi connectivity index (χ1) is 13.1. The number of carbonyl (C=O) groups is 2. The van der Waals surface area contributed by atoms with E-state index in [0.29, 0.717) is 12.1 Å². The molecule has 0 saturated carbocycles. The van der Waals surface area contributed by atoms with Crippen molar-refractivity contribution in [2.75, 3.05) is 11.4 Å². The monoisotopic (exact) mass is 361 g/mol. The van der Waals surface area contributed by atoms with E-state index in [1.807, 2.05) is 54.6 Å². The third-order valence-corrected chi connectivity index (χ3v) is 4.85. The fourth-order valence-electron chi connectivity index (χ4n) is 3.39. The average Bonchev–Trinajstić information content (AvgIpc) is 3.08. The van der Waals surface area contributed by atoms with Crippen molar-refractivity contribution in [2.24, 2.45) is 5.92 Å². The molecule has 3 aromatic rings. The van der Waals surface area contributed by atoms with Crippen LogP contribution in [0.5, 0.6) is 0 Å². The molecule has 1 saturated heterocycles. The van der Waals surface area contributed by atoms with Gasteiger partial charge in [-0.3, -0.25) is 14.4 Å². The molecule has 0 radical (unpaired) electrons. The third-order valence-electron chi connectivity index (χ3n) is 4.85. The predicted octanol–water partition coefficient (Wildman–Crippen LogP) is 2.20. The quantitative estimate of drug-likeness (QED) is 0.747. The molecular formula is C21H19N3O3. The van der Waals surface area contributed by atoms with Crippen molar-refractivity contribution in [3.63, 3.8) is 0 Å². The Bertz CT molecular complexity index is 1060.